The highest BCUT2D eigenvalue weighted by Crippen LogP contribution is 2.32. The molecule has 2 atom stereocenters. The minimum absolute atomic E-state index is 0.00329. The molecule has 1 N–H and O–H groups in total. The van der Waals surface area contributed by atoms with Gasteiger partial charge in [0, 0.05) is 11.5 Å². The molecule has 8 heteroatoms. The van der Waals surface area contributed by atoms with E-state index in [4.69, 9.17) is 9.47 Å². The molecule has 1 aliphatic heterocycles. The van der Waals surface area contributed by atoms with Crippen molar-refractivity contribution in [2.24, 2.45) is 5.92 Å². The predicted molar refractivity (Wildman–Crippen MR) is 87.2 cm³/mol. The summed E-state index contributed by atoms with van der Waals surface area (Å²) in [6.45, 7) is 3.37. The molecule has 0 aliphatic carbocycles. The lowest BCUT2D eigenvalue weighted by atomic mass is 9.97. The van der Waals surface area contributed by atoms with Gasteiger partial charge in [-0.2, -0.15) is 13.2 Å². The number of nitrogens with one attached hydrogen (secondary N) is 1. The Labute approximate surface area is 143 Å². The zero-order valence-electron chi connectivity index (χ0n) is 13.7. The van der Waals surface area contributed by atoms with Gasteiger partial charge in [0.25, 0.3) is 0 Å². The summed E-state index contributed by atoms with van der Waals surface area (Å²) in [7, 11) is 1.46. The predicted octanol–water partition coefficient (Wildman–Crippen LogP) is 3.59. The Bertz CT molecular complexity index is 651. The van der Waals surface area contributed by atoms with Crippen LogP contribution < -0.4 is 10.1 Å². The number of aromatic nitrogens is 1. The average molecular weight is 356 g/mol. The van der Waals surface area contributed by atoms with Crippen molar-refractivity contribution in [2.45, 2.75) is 25.1 Å². The molecule has 0 saturated carbocycles. The highest BCUT2D eigenvalue weighted by Gasteiger charge is 2.42. The van der Waals surface area contributed by atoms with E-state index in [1.807, 2.05) is 0 Å². The van der Waals surface area contributed by atoms with E-state index in [9.17, 15) is 18.0 Å². The molecule has 1 aromatic heterocycles. The number of anilines is 1. The minimum Gasteiger partial charge on any atom is -0.481 e. The molecule has 1 aliphatic rings. The third kappa shape index (κ3) is 5.32. The Morgan fingerprint density at radius 1 is 1.48 bits per heavy atom. The van der Waals surface area contributed by atoms with E-state index in [1.54, 1.807) is 18.2 Å². The second-order valence-corrected chi connectivity index (χ2v) is 5.58. The standard InChI is InChI=1S/C17H19F3N2O3/c1-3-15(23)22-13-8-12(16(24-2)21-9-13)6-4-11-5-7-14(25-10-11)17(18,19)20/h3-4,6,8-9,11,14H,1,5,7,10H2,2H3,(H,22,23)/b6-4+. The van der Waals surface area contributed by atoms with Crippen LogP contribution in [0.2, 0.25) is 0 Å². The van der Waals surface area contributed by atoms with Crippen LogP contribution >= 0.6 is 0 Å². The van der Waals surface area contributed by atoms with Gasteiger partial charge in [-0.3, -0.25) is 4.79 Å². The molecule has 25 heavy (non-hydrogen) atoms. The van der Waals surface area contributed by atoms with E-state index in [0.717, 1.165) is 6.08 Å². The van der Waals surface area contributed by atoms with Gasteiger partial charge in [-0.05, 0) is 25.0 Å². The molecule has 2 unspecified atom stereocenters. The quantitative estimate of drug-likeness (QED) is 0.819. The summed E-state index contributed by atoms with van der Waals surface area (Å²) in [6, 6.07) is 1.66. The molecule has 1 amide bonds. The first-order valence-electron chi connectivity index (χ1n) is 7.67. The zero-order chi connectivity index (χ0) is 18.4. The largest absolute Gasteiger partial charge is 0.481 e. The number of hydrogen-bond acceptors (Lipinski definition) is 4. The topological polar surface area (TPSA) is 60.5 Å². The summed E-state index contributed by atoms with van der Waals surface area (Å²) in [5, 5.41) is 2.59. The number of nitrogens with zero attached hydrogens (tertiary/aromatic N) is 1. The first-order valence-corrected chi connectivity index (χ1v) is 7.67. The number of carbonyl (C=O) groups excluding carboxylic acids is 1. The van der Waals surface area contributed by atoms with Crippen LogP contribution in [0.4, 0.5) is 18.9 Å². The lowest BCUT2D eigenvalue weighted by molar-refractivity contribution is -0.233. The first kappa shape index (κ1) is 19.0. The van der Waals surface area contributed by atoms with Gasteiger partial charge in [0.2, 0.25) is 11.8 Å². The number of amides is 1. The Kier molecular flexibility index (Phi) is 6.19. The SMILES string of the molecule is C=CC(=O)Nc1cnc(OC)c(/C=C/C2CCC(C(F)(F)F)OC2)c1. The second kappa shape index (κ2) is 8.15. The Hall–Kier alpha value is -2.35. The molecule has 0 bridgehead atoms. The third-order valence-corrected chi connectivity index (χ3v) is 3.75. The van der Waals surface area contributed by atoms with Gasteiger partial charge in [0.15, 0.2) is 6.10 Å². The summed E-state index contributed by atoms with van der Waals surface area (Å²) < 4.78 is 47.8. The normalized spacial score (nSPS) is 21.1. The van der Waals surface area contributed by atoms with Crippen molar-refractivity contribution in [2.75, 3.05) is 19.0 Å². The van der Waals surface area contributed by atoms with E-state index in [2.05, 4.69) is 16.9 Å². The summed E-state index contributed by atoms with van der Waals surface area (Å²) in [5.74, 6) is -0.159. The zero-order valence-corrected chi connectivity index (χ0v) is 13.7. The van der Waals surface area contributed by atoms with Gasteiger partial charge in [0.05, 0.1) is 25.6 Å². The van der Waals surface area contributed by atoms with Gasteiger partial charge >= 0.3 is 6.18 Å². The number of pyridine rings is 1. The smallest absolute Gasteiger partial charge is 0.414 e. The van der Waals surface area contributed by atoms with Crippen molar-refractivity contribution in [1.82, 2.24) is 4.98 Å². The van der Waals surface area contributed by atoms with Crippen LogP contribution in [-0.4, -0.2) is 36.9 Å². The highest BCUT2D eigenvalue weighted by molar-refractivity contribution is 5.98. The monoisotopic (exact) mass is 356 g/mol. The Morgan fingerprint density at radius 2 is 2.24 bits per heavy atom. The number of rotatable bonds is 5. The molecule has 1 aromatic rings. The van der Waals surface area contributed by atoms with Gasteiger partial charge < -0.3 is 14.8 Å². The lowest BCUT2D eigenvalue weighted by Gasteiger charge is -2.28. The molecule has 2 heterocycles. The summed E-state index contributed by atoms with van der Waals surface area (Å²) in [4.78, 5) is 15.4. The van der Waals surface area contributed by atoms with Crippen LogP contribution in [0.1, 0.15) is 18.4 Å². The minimum atomic E-state index is -4.32. The number of hydrogen-bond donors (Lipinski definition) is 1. The summed E-state index contributed by atoms with van der Waals surface area (Å²) in [5.41, 5.74) is 1.06. The molecule has 5 nitrogen and oxygen atoms in total. The maximum Gasteiger partial charge on any atom is 0.414 e. The Morgan fingerprint density at radius 3 is 2.80 bits per heavy atom. The molecule has 2 rings (SSSR count). The maximum absolute atomic E-state index is 12.6. The molecule has 0 aromatic carbocycles. The highest BCUT2D eigenvalue weighted by atomic mass is 19.4. The first-order chi connectivity index (χ1) is 11.8. The van der Waals surface area contributed by atoms with Crippen molar-refractivity contribution >= 4 is 17.7 Å². The number of methoxy groups -OCH3 is 1. The van der Waals surface area contributed by atoms with E-state index >= 15 is 0 Å². The lowest BCUT2D eigenvalue weighted by Crippen LogP contribution is -2.37. The van der Waals surface area contributed by atoms with Crippen molar-refractivity contribution in [3.63, 3.8) is 0 Å². The van der Waals surface area contributed by atoms with Crippen molar-refractivity contribution in [3.8, 4) is 5.88 Å². The second-order valence-electron chi connectivity index (χ2n) is 5.58. The molecule has 0 spiro atoms. The Balaban J connectivity index is 2.05. The van der Waals surface area contributed by atoms with Crippen molar-refractivity contribution in [1.29, 1.82) is 0 Å². The van der Waals surface area contributed by atoms with Crippen LogP contribution in [0.25, 0.3) is 6.08 Å². The molecule has 136 valence electrons. The van der Waals surface area contributed by atoms with Crippen LogP contribution in [0, 0.1) is 5.92 Å². The maximum atomic E-state index is 12.6. The summed E-state index contributed by atoms with van der Waals surface area (Å²) >= 11 is 0. The third-order valence-electron chi connectivity index (χ3n) is 3.75. The van der Waals surface area contributed by atoms with Crippen molar-refractivity contribution < 1.29 is 27.4 Å². The van der Waals surface area contributed by atoms with Gasteiger partial charge in [-0.25, -0.2) is 4.98 Å². The summed E-state index contributed by atoms with van der Waals surface area (Å²) in [6.07, 6.45) is 0.353. The fraction of sp³-hybridized carbons (Fsp3) is 0.412. The molecular weight excluding hydrogens is 337 g/mol. The van der Waals surface area contributed by atoms with E-state index < -0.39 is 12.3 Å². The molecule has 1 fully saturated rings. The fourth-order valence-corrected chi connectivity index (χ4v) is 2.44. The molecular formula is C17H19F3N2O3. The van der Waals surface area contributed by atoms with Crippen LogP contribution in [0.3, 0.4) is 0 Å². The van der Waals surface area contributed by atoms with Gasteiger partial charge in [-0.1, -0.05) is 18.7 Å². The number of ether oxygens (including phenoxy) is 2. The van der Waals surface area contributed by atoms with E-state index in [0.29, 0.717) is 23.6 Å². The molecule has 1 saturated heterocycles. The van der Waals surface area contributed by atoms with Crippen LogP contribution in [-0.2, 0) is 9.53 Å². The van der Waals surface area contributed by atoms with Crippen LogP contribution in [0.15, 0.2) is 31.0 Å². The number of halogens is 3. The van der Waals surface area contributed by atoms with Crippen LogP contribution in [0.5, 0.6) is 5.88 Å². The number of carbonyl (C=O) groups is 1. The van der Waals surface area contributed by atoms with Crippen molar-refractivity contribution in [3.05, 3.63) is 36.6 Å². The van der Waals surface area contributed by atoms with Gasteiger partial charge in [0.1, 0.15) is 0 Å². The van der Waals surface area contributed by atoms with Gasteiger partial charge in [-0.15, -0.1) is 0 Å². The van der Waals surface area contributed by atoms with E-state index in [-0.39, 0.29) is 24.9 Å². The fourth-order valence-electron chi connectivity index (χ4n) is 2.44. The average Bonchev–Trinajstić information content (AvgIpc) is 2.59. The number of alkyl halides is 3. The van der Waals surface area contributed by atoms with E-state index in [1.165, 1.54) is 13.3 Å². The molecule has 0 radical (unpaired) electrons.